The van der Waals surface area contributed by atoms with Crippen LogP contribution >= 0.6 is 0 Å². The van der Waals surface area contributed by atoms with Crippen LogP contribution in [0.4, 0.5) is 4.39 Å². The van der Waals surface area contributed by atoms with Crippen LogP contribution < -0.4 is 0 Å². The van der Waals surface area contributed by atoms with E-state index in [9.17, 15) is 4.39 Å². The van der Waals surface area contributed by atoms with E-state index in [1.54, 1.807) is 0 Å². The van der Waals surface area contributed by atoms with Gasteiger partial charge in [-0.2, -0.15) is 0 Å². The topological polar surface area (TPSA) is 0 Å². The van der Waals surface area contributed by atoms with Gasteiger partial charge in [0.05, 0.1) is 5.83 Å². The highest BCUT2D eigenvalue weighted by molar-refractivity contribution is 4.77. The smallest absolute Gasteiger partial charge is 0.0927 e. The summed E-state index contributed by atoms with van der Waals surface area (Å²) in [6, 6.07) is 0. The van der Waals surface area contributed by atoms with Gasteiger partial charge < -0.3 is 0 Å². The van der Waals surface area contributed by atoms with Crippen molar-refractivity contribution in [3.8, 4) is 0 Å². The van der Waals surface area contributed by atoms with Gasteiger partial charge in [0.15, 0.2) is 0 Å². The molecule has 0 N–H and O–H groups in total. The molecule has 1 heteroatoms. The normalized spacial score (nSPS) is 8.33. The molecule has 0 aliphatic rings. The number of hydrogen-bond acceptors (Lipinski definition) is 0. The van der Waals surface area contributed by atoms with Gasteiger partial charge in [0.2, 0.25) is 0 Å². The van der Waals surface area contributed by atoms with Crippen molar-refractivity contribution < 1.29 is 4.39 Å². The van der Waals surface area contributed by atoms with Crippen LogP contribution in [0.15, 0.2) is 12.4 Å². The Labute approximate surface area is 37.7 Å². The van der Waals surface area contributed by atoms with Crippen LogP contribution in [-0.4, -0.2) is 0 Å². The van der Waals surface area contributed by atoms with E-state index in [1.807, 2.05) is 6.92 Å². The zero-order valence-electron chi connectivity index (χ0n) is 4.00. The summed E-state index contributed by atoms with van der Waals surface area (Å²) in [7, 11) is 0. The summed E-state index contributed by atoms with van der Waals surface area (Å²) in [6.07, 6.45) is 1.37. The maximum atomic E-state index is 11.5. The summed E-state index contributed by atoms with van der Waals surface area (Å²) in [6.45, 7) is 5.00. The van der Waals surface area contributed by atoms with E-state index in [0.717, 1.165) is 6.42 Å². The fraction of sp³-hybridized carbons (Fsp3) is 0.600. The van der Waals surface area contributed by atoms with Crippen molar-refractivity contribution in [3.63, 3.8) is 0 Å². The average Bonchev–Trinajstić information content (AvgIpc) is 1.35. The van der Waals surface area contributed by atoms with Crippen molar-refractivity contribution in [2.45, 2.75) is 19.8 Å². The molecule has 0 rings (SSSR count). The molecule has 36 valence electrons. The third kappa shape index (κ3) is 3.67. The van der Waals surface area contributed by atoms with Gasteiger partial charge in [-0.05, 0) is 12.8 Å². The predicted molar refractivity (Wildman–Crippen MR) is 25.2 cm³/mol. The molecule has 0 saturated heterocycles. The minimum absolute atomic E-state index is 0.211. The lowest BCUT2D eigenvalue weighted by atomic mass is 10.3. The predicted octanol–water partition coefficient (Wildman–Crippen LogP) is 2.27. The summed E-state index contributed by atoms with van der Waals surface area (Å²) in [5.41, 5.74) is 0. The number of rotatable bonds is 2. The van der Waals surface area contributed by atoms with Crippen molar-refractivity contribution in [1.82, 2.24) is 0 Å². The summed E-state index contributed by atoms with van der Waals surface area (Å²) in [5, 5.41) is 0. The molecule has 0 radical (unpaired) electrons. The molecule has 0 heterocycles. The average molecular weight is 88.1 g/mol. The second kappa shape index (κ2) is 2.88. The molecular formula is C5H9F. The molecule has 0 fully saturated rings. The van der Waals surface area contributed by atoms with Crippen LogP contribution in [0.1, 0.15) is 19.8 Å². The molecule has 0 atom stereocenters. The Morgan fingerprint density at radius 1 is 1.83 bits per heavy atom. The van der Waals surface area contributed by atoms with Gasteiger partial charge in [-0.3, -0.25) is 0 Å². The van der Waals surface area contributed by atoms with Crippen LogP contribution in [0.25, 0.3) is 0 Å². The molecule has 0 saturated carbocycles. The van der Waals surface area contributed by atoms with Crippen molar-refractivity contribution in [2.75, 3.05) is 0 Å². The summed E-state index contributed by atoms with van der Waals surface area (Å²) in [4.78, 5) is 0. The van der Waals surface area contributed by atoms with Gasteiger partial charge in [-0.15, -0.1) is 0 Å². The highest BCUT2D eigenvalue weighted by Gasteiger charge is 1.81. The lowest BCUT2D eigenvalue weighted by Gasteiger charge is -1.82. The largest absolute Gasteiger partial charge is 0.212 e. The first kappa shape index (κ1) is 5.67. The summed E-state index contributed by atoms with van der Waals surface area (Å²) < 4.78 is 11.5. The van der Waals surface area contributed by atoms with Crippen LogP contribution in [0.3, 0.4) is 0 Å². The Morgan fingerprint density at radius 3 is 2.33 bits per heavy atom. The van der Waals surface area contributed by atoms with E-state index in [0.29, 0.717) is 6.42 Å². The Balaban J connectivity index is 2.83. The molecule has 0 aromatic rings. The van der Waals surface area contributed by atoms with Gasteiger partial charge in [-0.25, -0.2) is 4.39 Å². The summed E-state index contributed by atoms with van der Waals surface area (Å²) >= 11 is 0. The monoisotopic (exact) mass is 88.1 g/mol. The lowest BCUT2D eigenvalue weighted by Crippen LogP contribution is -1.64. The Kier molecular flexibility index (Phi) is 2.73. The molecule has 0 aromatic carbocycles. The third-order valence-corrected chi connectivity index (χ3v) is 0.521. The first-order valence-corrected chi connectivity index (χ1v) is 2.10. The minimum atomic E-state index is -0.211. The molecule has 0 aliphatic carbocycles. The standard InChI is InChI=1S/C5H9F/c1-3-4-5(2)6/h2-4H2,1H3. The maximum absolute atomic E-state index is 11.5. The number of allylic oxidation sites excluding steroid dienone is 1. The van der Waals surface area contributed by atoms with Gasteiger partial charge in [-0.1, -0.05) is 13.5 Å². The first-order valence-electron chi connectivity index (χ1n) is 2.10. The van der Waals surface area contributed by atoms with Crippen molar-refractivity contribution in [1.29, 1.82) is 0 Å². The third-order valence-electron chi connectivity index (χ3n) is 0.521. The SMILES string of the molecule is C=C(F)CCC. The highest BCUT2D eigenvalue weighted by atomic mass is 19.1. The Morgan fingerprint density at radius 2 is 2.33 bits per heavy atom. The van der Waals surface area contributed by atoms with Crippen LogP contribution in [-0.2, 0) is 0 Å². The molecule has 0 unspecified atom stereocenters. The maximum Gasteiger partial charge on any atom is 0.0927 e. The van der Waals surface area contributed by atoms with E-state index >= 15 is 0 Å². The second-order valence-corrected chi connectivity index (χ2v) is 1.27. The minimum Gasteiger partial charge on any atom is -0.212 e. The van der Waals surface area contributed by atoms with E-state index in [1.165, 1.54) is 0 Å². The van der Waals surface area contributed by atoms with Crippen LogP contribution in [0, 0.1) is 0 Å². The van der Waals surface area contributed by atoms with Gasteiger partial charge in [0.25, 0.3) is 0 Å². The quantitative estimate of drug-likeness (QED) is 0.485. The highest BCUT2D eigenvalue weighted by Crippen LogP contribution is 1.99. The van der Waals surface area contributed by atoms with Gasteiger partial charge in [0.1, 0.15) is 0 Å². The van der Waals surface area contributed by atoms with Gasteiger partial charge >= 0.3 is 0 Å². The zero-order chi connectivity index (χ0) is 4.99. The van der Waals surface area contributed by atoms with E-state index in [-0.39, 0.29) is 5.83 Å². The van der Waals surface area contributed by atoms with Crippen LogP contribution in [0.5, 0.6) is 0 Å². The summed E-state index contributed by atoms with van der Waals surface area (Å²) in [5.74, 6) is -0.211. The van der Waals surface area contributed by atoms with Crippen molar-refractivity contribution in [2.24, 2.45) is 0 Å². The Bertz CT molecular complexity index is 47.9. The zero-order valence-corrected chi connectivity index (χ0v) is 4.00. The fourth-order valence-electron chi connectivity index (χ4n) is 0.271. The number of hydrogen-bond donors (Lipinski definition) is 0. The molecule has 0 aromatic heterocycles. The van der Waals surface area contributed by atoms with Crippen molar-refractivity contribution >= 4 is 0 Å². The first-order chi connectivity index (χ1) is 2.77. The van der Waals surface area contributed by atoms with Crippen molar-refractivity contribution in [3.05, 3.63) is 12.4 Å². The fourth-order valence-corrected chi connectivity index (χ4v) is 0.271. The van der Waals surface area contributed by atoms with Crippen LogP contribution in [0.2, 0.25) is 0 Å². The van der Waals surface area contributed by atoms with Gasteiger partial charge in [0, 0.05) is 0 Å². The molecule has 6 heavy (non-hydrogen) atoms. The van der Waals surface area contributed by atoms with E-state index in [4.69, 9.17) is 0 Å². The van der Waals surface area contributed by atoms with E-state index < -0.39 is 0 Å². The Hall–Kier alpha value is -0.330. The molecule has 0 aliphatic heterocycles. The lowest BCUT2D eigenvalue weighted by molar-refractivity contribution is 0.588. The molecule has 0 nitrogen and oxygen atoms in total. The molecule has 0 amide bonds. The molecule has 0 bridgehead atoms. The second-order valence-electron chi connectivity index (χ2n) is 1.27. The molecule has 0 spiro atoms. The van der Waals surface area contributed by atoms with E-state index in [2.05, 4.69) is 6.58 Å². The molecular weight excluding hydrogens is 79.1 g/mol. The number of halogens is 1.